The van der Waals surface area contributed by atoms with Crippen LogP contribution >= 0.6 is 0 Å². The lowest BCUT2D eigenvalue weighted by Gasteiger charge is -2.18. The van der Waals surface area contributed by atoms with Crippen LogP contribution in [0.4, 0.5) is 17.1 Å². The van der Waals surface area contributed by atoms with Crippen LogP contribution in [0.2, 0.25) is 0 Å². The number of benzene rings is 2. The van der Waals surface area contributed by atoms with E-state index in [1.165, 1.54) is 18.2 Å². The summed E-state index contributed by atoms with van der Waals surface area (Å²) in [6.07, 6.45) is 1.13. The molecule has 30 heavy (non-hydrogen) atoms. The van der Waals surface area contributed by atoms with Gasteiger partial charge in [-0.3, -0.25) is 14.3 Å². The molecule has 3 rings (SSSR count). The minimum absolute atomic E-state index is 0.0567. The molecule has 0 saturated carbocycles. The number of fused-ring (bicyclic) bond motifs is 1. The van der Waals surface area contributed by atoms with Crippen LogP contribution in [0.5, 0.6) is 5.75 Å². The molecule has 0 saturated heterocycles. The molecule has 8 nitrogen and oxygen atoms in total. The maximum Gasteiger partial charge on any atom is 0.261 e. The van der Waals surface area contributed by atoms with E-state index in [-0.39, 0.29) is 23.3 Å². The van der Waals surface area contributed by atoms with Gasteiger partial charge in [0.2, 0.25) is 11.8 Å². The molecule has 2 aromatic rings. The van der Waals surface area contributed by atoms with Gasteiger partial charge in [-0.05, 0) is 56.7 Å². The molecule has 0 aromatic heterocycles. The van der Waals surface area contributed by atoms with E-state index in [1.54, 1.807) is 38.1 Å². The Bertz CT molecular complexity index is 1060. The molecule has 0 spiro atoms. The molecule has 9 heteroatoms. The second kappa shape index (κ2) is 8.35. The maximum absolute atomic E-state index is 12.7. The van der Waals surface area contributed by atoms with Gasteiger partial charge in [0.1, 0.15) is 12.4 Å². The second-order valence-electron chi connectivity index (χ2n) is 7.77. The van der Waals surface area contributed by atoms with Crippen LogP contribution in [0.15, 0.2) is 47.4 Å². The van der Waals surface area contributed by atoms with E-state index in [0.29, 0.717) is 29.2 Å². The summed E-state index contributed by atoms with van der Waals surface area (Å²) >= 11 is 0. The van der Waals surface area contributed by atoms with Crippen molar-refractivity contribution in [3.05, 3.63) is 42.5 Å². The molecule has 0 fully saturated rings. The molecule has 3 N–H and O–H groups in total. The van der Waals surface area contributed by atoms with Crippen molar-refractivity contribution in [3.63, 3.8) is 0 Å². The highest BCUT2D eigenvalue weighted by Gasteiger charge is 2.32. The first kappa shape index (κ1) is 21.6. The van der Waals surface area contributed by atoms with Crippen molar-refractivity contribution in [2.75, 3.05) is 22.0 Å². The quantitative estimate of drug-likeness (QED) is 0.647. The molecule has 0 atom stereocenters. The summed E-state index contributed by atoms with van der Waals surface area (Å²) in [6.45, 7) is 5.62. The number of rotatable bonds is 6. The predicted octanol–water partition coefficient (Wildman–Crippen LogP) is 3.58. The Kier molecular flexibility index (Phi) is 6.02. The lowest BCUT2D eigenvalue weighted by Crippen LogP contribution is -2.33. The summed E-state index contributed by atoms with van der Waals surface area (Å²) in [7, 11) is -3.84. The minimum atomic E-state index is -3.84. The lowest BCUT2D eigenvalue weighted by atomic mass is 9.94. The number of hydrogen-bond acceptors (Lipinski definition) is 5. The van der Waals surface area contributed by atoms with Crippen LogP contribution < -0.4 is 20.1 Å². The SMILES string of the molecule is CCCC(=O)Nc1ccc(S(=O)(=O)Nc2ccc3c(c2)OCC(C)(C)C(=O)N3)cc1. The monoisotopic (exact) mass is 431 g/mol. The zero-order valence-corrected chi connectivity index (χ0v) is 17.9. The van der Waals surface area contributed by atoms with E-state index in [1.807, 2.05) is 6.92 Å². The van der Waals surface area contributed by atoms with Gasteiger partial charge in [0.25, 0.3) is 10.0 Å². The number of ether oxygens (including phenoxy) is 1. The summed E-state index contributed by atoms with van der Waals surface area (Å²) in [5.41, 5.74) is 0.625. The molecular formula is C21H25N3O5S. The zero-order valence-electron chi connectivity index (χ0n) is 17.1. The van der Waals surface area contributed by atoms with Crippen molar-refractivity contribution >= 4 is 38.9 Å². The molecular weight excluding hydrogens is 406 g/mol. The van der Waals surface area contributed by atoms with Crippen molar-refractivity contribution in [2.24, 2.45) is 5.41 Å². The second-order valence-corrected chi connectivity index (χ2v) is 9.45. The molecule has 1 aliphatic heterocycles. The third kappa shape index (κ3) is 4.91. The highest BCUT2D eigenvalue weighted by atomic mass is 32.2. The molecule has 0 radical (unpaired) electrons. The van der Waals surface area contributed by atoms with Gasteiger partial charge in [-0.2, -0.15) is 0 Å². The highest BCUT2D eigenvalue weighted by Crippen LogP contribution is 2.34. The third-order valence-corrected chi connectivity index (χ3v) is 6.01. The maximum atomic E-state index is 12.7. The standard InChI is InChI=1S/C21H25N3O5S/c1-4-5-19(25)22-14-6-9-16(10-7-14)30(27,28)24-15-8-11-17-18(12-15)29-13-21(2,3)20(26)23-17/h6-12,24H,4-5,13H2,1-3H3,(H,22,25)(H,23,26). The molecule has 0 aliphatic carbocycles. The normalized spacial score (nSPS) is 15.2. The number of carbonyl (C=O) groups excluding carboxylic acids is 2. The van der Waals surface area contributed by atoms with Crippen LogP contribution in [-0.2, 0) is 19.6 Å². The minimum Gasteiger partial charge on any atom is -0.490 e. The van der Waals surface area contributed by atoms with Crippen LogP contribution in [0, 0.1) is 5.41 Å². The van der Waals surface area contributed by atoms with Crippen molar-refractivity contribution in [1.29, 1.82) is 0 Å². The molecule has 0 unspecified atom stereocenters. The summed E-state index contributed by atoms with van der Waals surface area (Å²) in [5, 5.41) is 5.51. The van der Waals surface area contributed by atoms with Gasteiger partial charge in [0.15, 0.2) is 0 Å². The fourth-order valence-electron chi connectivity index (χ4n) is 2.81. The van der Waals surface area contributed by atoms with Crippen LogP contribution in [0.3, 0.4) is 0 Å². The Morgan fingerprint density at radius 2 is 1.80 bits per heavy atom. The number of anilines is 3. The van der Waals surface area contributed by atoms with Gasteiger partial charge in [0, 0.05) is 18.2 Å². The average molecular weight is 432 g/mol. The van der Waals surface area contributed by atoms with Crippen LogP contribution in [0.1, 0.15) is 33.6 Å². The molecule has 1 heterocycles. The van der Waals surface area contributed by atoms with Crippen molar-refractivity contribution < 1.29 is 22.7 Å². The Morgan fingerprint density at radius 3 is 2.47 bits per heavy atom. The first-order valence-electron chi connectivity index (χ1n) is 9.62. The van der Waals surface area contributed by atoms with Gasteiger partial charge in [-0.15, -0.1) is 0 Å². The zero-order chi connectivity index (χ0) is 21.9. The molecule has 2 aromatic carbocycles. The predicted molar refractivity (Wildman–Crippen MR) is 115 cm³/mol. The Hall–Kier alpha value is -3.07. The smallest absolute Gasteiger partial charge is 0.261 e. The number of hydrogen-bond donors (Lipinski definition) is 3. The largest absolute Gasteiger partial charge is 0.490 e. The number of carbonyl (C=O) groups is 2. The molecule has 2 amide bonds. The fourth-order valence-corrected chi connectivity index (χ4v) is 3.86. The summed E-state index contributed by atoms with van der Waals surface area (Å²) in [5.74, 6) is 0.107. The van der Waals surface area contributed by atoms with Crippen molar-refractivity contribution in [1.82, 2.24) is 0 Å². The summed E-state index contributed by atoms with van der Waals surface area (Å²) in [6, 6.07) is 10.6. The van der Waals surface area contributed by atoms with Gasteiger partial charge in [0.05, 0.1) is 21.7 Å². The Labute approximate surface area is 176 Å². The third-order valence-electron chi connectivity index (χ3n) is 4.61. The van der Waals surface area contributed by atoms with Gasteiger partial charge in [-0.25, -0.2) is 8.42 Å². The van der Waals surface area contributed by atoms with E-state index in [4.69, 9.17) is 4.74 Å². The van der Waals surface area contributed by atoms with Crippen LogP contribution in [-0.4, -0.2) is 26.8 Å². The average Bonchev–Trinajstić information content (AvgIpc) is 2.78. The summed E-state index contributed by atoms with van der Waals surface area (Å²) < 4.78 is 33.7. The van der Waals surface area contributed by atoms with E-state index in [9.17, 15) is 18.0 Å². The molecule has 0 bridgehead atoms. The van der Waals surface area contributed by atoms with E-state index >= 15 is 0 Å². The number of amides is 2. The van der Waals surface area contributed by atoms with Gasteiger partial charge in [-0.1, -0.05) is 6.92 Å². The number of nitrogens with one attached hydrogen (secondary N) is 3. The van der Waals surface area contributed by atoms with Gasteiger partial charge >= 0.3 is 0 Å². The van der Waals surface area contributed by atoms with E-state index < -0.39 is 15.4 Å². The van der Waals surface area contributed by atoms with E-state index in [2.05, 4.69) is 15.4 Å². The van der Waals surface area contributed by atoms with E-state index in [0.717, 1.165) is 6.42 Å². The van der Waals surface area contributed by atoms with Crippen molar-refractivity contribution in [2.45, 2.75) is 38.5 Å². The molecule has 1 aliphatic rings. The highest BCUT2D eigenvalue weighted by molar-refractivity contribution is 7.92. The van der Waals surface area contributed by atoms with Gasteiger partial charge < -0.3 is 15.4 Å². The van der Waals surface area contributed by atoms with Crippen LogP contribution in [0.25, 0.3) is 0 Å². The molecule has 160 valence electrons. The number of sulfonamides is 1. The lowest BCUT2D eigenvalue weighted by molar-refractivity contribution is -0.125. The Balaban J connectivity index is 1.75. The Morgan fingerprint density at radius 1 is 1.13 bits per heavy atom. The first-order valence-corrected chi connectivity index (χ1v) is 11.1. The first-order chi connectivity index (χ1) is 14.1. The topological polar surface area (TPSA) is 114 Å². The summed E-state index contributed by atoms with van der Waals surface area (Å²) in [4.78, 5) is 23.9. The fraction of sp³-hybridized carbons (Fsp3) is 0.333. The van der Waals surface area contributed by atoms with Crippen molar-refractivity contribution in [3.8, 4) is 5.75 Å².